The molecule has 0 spiro atoms. The highest BCUT2D eigenvalue weighted by Gasteiger charge is 2.10. The second kappa shape index (κ2) is 7.81. The minimum atomic E-state index is 1.29. The molecule has 2 fully saturated rings. The van der Waals surface area contributed by atoms with E-state index in [1.807, 2.05) is 5.57 Å². The van der Waals surface area contributed by atoms with Crippen LogP contribution in [-0.2, 0) is 0 Å². The van der Waals surface area contributed by atoms with Gasteiger partial charge in [-0.3, -0.25) is 0 Å². The van der Waals surface area contributed by atoms with Crippen LogP contribution in [0.3, 0.4) is 0 Å². The summed E-state index contributed by atoms with van der Waals surface area (Å²) >= 11 is 0. The van der Waals surface area contributed by atoms with Crippen molar-refractivity contribution >= 4 is 0 Å². The van der Waals surface area contributed by atoms with Gasteiger partial charge in [0.25, 0.3) is 0 Å². The van der Waals surface area contributed by atoms with Crippen LogP contribution >= 0.6 is 0 Å². The molecule has 2 aliphatic rings. The lowest BCUT2D eigenvalue weighted by atomic mass is 9.88. The zero-order chi connectivity index (χ0) is 12.6. The van der Waals surface area contributed by atoms with E-state index in [2.05, 4.69) is 13.0 Å². The maximum atomic E-state index is 2.57. The molecule has 0 N–H and O–H groups in total. The molecule has 0 bridgehead atoms. The molecular formula is C18H30. The minimum absolute atomic E-state index is 1.29. The maximum Gasteiger partial charge on any atom is -0.0283 e. The molecular weight excluding hydrogens is 216 g/mol. The van der Waals surface area contributed by atoms with Gasteiger partial charge in [-0.15, -0.1) is 0 Å². The second-order valence-corrected chi connectivity index (χ2v) is 6.08. The van der Waals surface area contributed by atoms with Gasteiger partial charge in [-0.05, 0) is 70.6 Å². The summed E-state index contributed by atoms with van der Waals surface area (Å²) in [6.45, 7) is 2.35. The van der Waals surface area contributed by atoms with Crippen molar-refractivity contribution in [1.82, 2.24) is 0 Å². The fraction of sp³-hybridized carbons (Fsp3) is 0.778. The normalized spacial score (nSPS) is 20.9. The van der Waals surface area contributed by atoms with Gasteiger partial charge in [0.05, 0.1) is 0 Å². The number of hydrogen-bond donors (Lipinski definition) is 0. The van der Waals surface area contributed by atoms with Gasteiger partial charge in [0.15, 0.2) is 0 Å². The highest BCUT2D eigenvalue weighted by atomic mass is 14.2. The van der Waals surface area contributed by atoms with Gasteiger partial charge in [-0.25, -0.2) is 0 Å². The average molecular weight is 246 g/mol. The third-order valence-electron chi connectivity index (χ3n) is 4.76. The predicted molar refractivity (Wildman–Crippen MR) is 80.8 cm³/mol. The Labute approximate surface area is 114 Å². The van der Waals surface area contributed by atoms with Gasteiger partial charge in [-0.1, -0.05) is 42.6 Å². The fourth-order valence-electron chi connectivity index (χ4n) is 3.60. The summed E-state index contributed by atoms with van der Waals surface area (Å²) in [6, 6.07) is 0. The number of hydrogen-bond acceptors (Lipinski definition) is 0. The van der Waals surface area contributed by atoms with Crippen LogP contribution in [0.2, 0.25) is 0 Å². The van der Waals surface area contributed by atoms with Crippen molar-refractivity contribution in [2.75, 3.05) is 0 Å². The van der Waals surface area contributed by atoms with Gasteiger partial charge < -0.3 is 0 Å². The largest absolute Gasteiger partial charge is 0.0850 e. The molecule has 0 amide bonds. The zero-order valence-corrected chi connectivity index (χ0v) is 12.3. The van der Waals surface area contributed by atoms with Crippen molar-refractivity contribution in [3.05, 3.63) is 22.8 Å². The van der Waals surface area contributed by atoms with Crippen LogP contribution in [0.15, 0.2) is 22.8 Å². The van der Waals surface area contributed by atoms with E-state index >= 15 is 0 Å². The molecule has 0 radical (unpaired) electrons. The Balaban J connectivity index is 1.82. The van der Waals surface area contributed by atoms with Crippen molar-refractivity contribution in [2.24, 2.45) is 0 Å². The third kappa shape index (κ3) is 4.30. The summed E-state index contributed by atoms with van der Waals surface area (Å²) in [4.78, 5) is 0. The number of allylic oxidation sites excluding steroid dienone is 4. The van der Waals surface area contributed by atoms with Gasteiger partial charge in [0.2, 0.25) is 0 Å². The van der Waals surface area contributed by atoms with E-state index in [1.165, 1.54) is 83.5 Å². The van der Waals surface area contributed by atoms with E-state index in [0.29, 0.717) is 0 Å². The molecule has 0 aromatic rings. The quantitative estimate of drug-likeness (QED) is 0.509. The first-order valence-corrected chi connectivity index (χ1v) is 8.28. The first-order chi connectivity index (χ1) is 8.90. The lowest BCUT2D eigenvalue weighted by Crippen LogP contribution is -1.99. The van der Waals surface area contributed by atoms with E-state index in [-0.39, 0.29) is 0 Å². The molecule has 0 heteroatoms. The zero-order valence-electron chi connectivity index (χ0n) is 12.3. The molecule has 0 unspecified atom stereocenters. The molecule has 0 aromatic heterocycles. The average Bonchev–Trinajstić information content (AvgIpc) is 2.46. The van der Waals surface area contributed by atoms with E-state index in [9.17, 15) is 0 Å². The van der Waals surface area contributed by atoms with Crippen LogP contribution in [-0.4, -0.2) is 0 Å². The van der Waals surface area contributed by atoms with Crippen LogP contribution < -0.4 is 0 Å². The second-order valence-electron chi connectivity index (χ2n) is 6.08. The molecule has 0 nitrogen and oxygen atoms in total. The molecule has 102 valence electrons. The molecule has 2 rings (SSSR count). The smallest absolute Gasteiger partial charge is 0.0283 e. The van der Waals surface area contributed by atoms with Crippen molar-refractivity contribution < 1.29 is 0 Å². The minimum Gasteiger partial charge on any atom is -0.0850 e. The lowest BCUT2D eigenvalue weighted by Gasteiger charge is -2.19. The fourth-order valence-corrected chi connectivity index (χ4v) is 3.60. The van der Waals surface area contributed by atoms with Crippen molar-refractivity contribution in [2.45, 2.75) is 90.4 Å². The Morgan fingerprint density at radius 2 is 1.50 bits per heavy atom. The summed E-state index contributed by atoms with van der Waals surface area (Å²) in [5.74, 6) is 0. The van der Waals surface area contributed by atoms with Crippen LogP contribution in [0.1, 0.15) is 90.4 Å². The molecule has 0 saturated heterocycles. The van der Waals surface area contributed by atoms with Crippen LogP contribution in [0.25, 0.3) is 0 Å². The van der Waals surface area contributed by atoms with E-state index in [0.717, 1.165) is 0 Å². The first kappa shape index (κ1) is 13.9. The highest BCUT2D eigenvalue weighted by molar-refractivity contribution is 5.17. The first-order valence-electron chi connectivity index (χ1n) is 8.28. The van der Waals surface area contributed by atoms with Crippen molar-refractivity contribution in [3.63, 3.8) is 0 Å². The Kier molecular flexibility index (Phi) is 6.04. The van der Waals surface area contributed by atoms with E-state index in [4.69, 9.17) is 0 Å². The van der Waals surface area contributed by atoms with Crippen LogP contribution in [0.5, 0.6) is 0 Å². The monoisotopic (exact) mass is 246 g/mol. The number of rotatable bonds is 4. The summed E-state index contributed by atoms with van der Waals surface area (Å²) < 4.78 is 0. The molecule has 0 heterocycles. The van der Waals surface area contributed by atoms with E-state index in [1.54, 1.807) is 11.1 Å². The summed E-state index contributed by atoms with van der Waals surface area (Å²) in [6.07, 6.45) is 20.8. The highest BCUT2D eigenvalue weighted by Crippen LogP contribution is 2.30. The summed E-state index contributed by atoms with van der Waals surface area (Å²) in [7, 11) is 0. The molecule has 18 heavy (non-hydrogen) atoms. The Bertz CT molecular complexity index is 290. The summed E-state index contributed by atoms with van der Waals surface area (Å²) in [5.41, 5.74) is 5.37. The molecule has 2 aliphatic carbocycles. The predicted octanol–water partition coefficient (Wildman–Crippen LogP) is 6.33. The van der Waals surface area contributed by atoms with Gasteiger partial charge in [0.1, 0.15) is 0 Å². The molecule has 0 aromatic carbocycles. The van der Waals surface area contributed by atoms with Gasteiger partial charge in [-0.2, -0.15) is 0 Å². The van der Waals surface area contributed by atoms with Crippen molar-refractivity contribution in [1.29, 1.82) is 0 Å². The van der Waals surface area contributed by atoms with Gasteiger partial charge >= 0.3 is 0 Å². The standard InChI is InChI=1S/C18H30/c1-2-17(18-13-7-4-8-14-18)15-9-12-16-10-5-3-6-11-16/h12H,2-11,13-15H2,1H3. The summed E-state index contributed by atoms with van der Waals surface area (Å²) in [5, 5.41) is 0. The van der Waals surface area contributed by atoms with Crippen LogP contribution in [0.4, 0.5) is 0 Å². The third-order valence-corrected chi connectivity index (χ3v) is 4.76. The van der Waals surface area contributed by atoms with E-state index < -0.39 is 0 Å². The lowest BCUT2D eigenvalue weighted by molar-refractivity contribution is 0.584. The molecule has 0 atom stereocenters. The van der Waals surface area contributed by atoms with Crippen molar-refractivity contribution in [3.8, 4) is 0 Å². The molecule has 2 saturated carbocycles. The maximum absolute atomic E-state index is 2.57. The Hall–Kier alpha value is -0.520. The molecule has 0 aliphatic heterocycles. The Morgan fingerprint density at radius 1 is 0.889 bits per heavy atom. The SMILES string of the molecule is CCC(CCC=C1CCCCC1)=C1CCCCC1. The van der Waals surface area contributed by atoms with Gasteiger partial charge in [0, 0.05) is 0 Å². The Morgan fingerprint density at radius 3 is 2.11 bits per heavy atom. The van der Waals surface area contributed by atoms with Crippen LogP contribution in [0, 0.1) is 0 Å². The topological polar surface area (TPSA) is 0 Å².